The van der Waals surface area contributed by atoms with Gasteiger partial charge in [-0.2, -0.15) is 11.3 Å². The van der Waals surface area contributed by atoms with E-state index in [2.05, 4.69) is 15.3 Å². The van der Waals surface area contributed by atoms with Crippen molar-refractivity contribution in [3.63, 3.8) is 0 Å². The molecule has 0 saturated carbocycles. The lowest BCUT2D eigenvalue weighted by Gasteiger charge is -2.11. The number of carbonyl (C=O) groups excluding carboxylic acids is 1. The molecule has 0 atom stereocenters. The van der Waals surface area contributed by atoms with Gasteiger partial charge in [0.15, 0.2) is 5.78 Å². The summed E-state index contributed by atoms with van der Waals surface area (Å²) in [5.41, 5.74) is 3.81. The normalized spacial score (nSPS) is 10.7. The number of pyridine rings is 1. The van der Waals surface area contributed by atoms with Crippen molar-refractivity contribution >= 4 is 23.1 Å². The van der Waals surface area contributed by atoms with E-state index < -0.39 is 0 Å². The molecule has 0 fully saturated rings. The van der Waals surface area contributed by atoms with Crippen molar-refractivity contribution in [2.75, 3.05) is 11.9 Å². The highest BCUT2D eigenvalue weighted by Crippen LogP contribution is 2.23. The second-order valence-electron chi connectivity index (χ2n) is 6.47. The maximum Gasteiger partial charge on any atom is 0.255 e. The third-order valence-corrected chi connectivity index (χ3v) is 5.24. The summed E-state index contributed by atoms with van der Waals surface area (Å²) < 4.78 is 1.39. The van der Waals surface area contributed by atoms with E-state index in [9.17, 15) is 9.59 Å². The Bertz CT molecular complexity index is 1200. The summed E-state index contributed by atoms with van der Waals surface area (Å²) in [6, 6.07) is 14.6. The third kappa shape index (κ3) is 4.14. The lowest BCUT2D eigenvalue weighted by atomic mass is 10.0. The Hall–Kier alpha value is -3.58. The van der Waals surface area contributed by atoms with Crippen LogP contribution in [0.25, 0.3) is 22.4 Å². The van der Waals surface area contributed by atoms with Crippen molar-refractivity contribution in [1.82, 2.24) is 14.5 Å². The van der Waals surface area contributed by atoms with Gasteiger partial charge in [0.1, 0.15) is 0 Å². The van der Waals surface area contributed by atoms with E-state index in [1.54, 1.807) is 49.0 Å². The maximum atomic E-state index is 12.7. The van der Waals surface area contributed by atoms with Gasteiger partial charge in [0, 0.05) is 36.6 Å². The number of Topliss-reactive ketones (excluding diaryl/α,β-unsaturated/α-hetero) is 1. The first-order valence-corrected chi connectivity index (χ1v) is 9.94. The standard InChI is InChI=1S/C22H18N4O2S/c1-26-21(28)12-19(15-5-8-23-9-6-15)25-22(26)24-13-20(27)17-4-2-3-16(11-17)18-7-10-29-14-18/h2-12,14H,13H2,1H3,(H,24,25). The summed E-state index contributed by atoms with van der Waals surface area (Å²) in [5.74, 6) is 0.261. The Balaban J connectivity index is 1.55. The summed E-state index contributed by atoms with van der Waals surface area (Å²) in [6.45, 7) is 0.0349. The first-order chi connectivity index (χ1) is 14.1. The van der Waals surface area contributed by atoms with Gasteiger partial charge in [-0.15, -0.1) is 0 Å². The number of hydrogen-bond acceptors (Lipinski definition) is 6. The fraction of sp³-hybridized carbons (Fsp3) is 0.0909. The molecule has 29 heavy (non-hydrogen) atoms. The van der Waals surface area contributed by atoms with E-state index in [0.29, 0.717) is 17.2 Å². The van der Waals surface area contributed by atoms with Crippen LogP contribution in [-0.4, -0.2) is 26.9 Å². The zero-order chi connectivity index (χ0) is 20.2. The van der Waals surface area contributed by atoms with Crippen LogP contribution in [0.5, 0.6) is 0 Å². The third-order valence-electron chi connectivity index (χ3n) is 4.56. The van der Waals surface area contributed by atoms with Gasteiger partial charge in [0.2, 0.25) is 5.95 Å². The predicted molar refractivity (Wildman–Crippen MR) is 115 cm³/mol. The molecule has 0 aliphatic carbocycles. The molecule has 0 radical (unpaired) electrons. The summed E-state index contributed by atoms with van der Waals surface area (Å²) in [4.78, 5) is 33.5. The SMILES string of the molecule is Cn1c(NCC(=O)c2cccc(-c3ccsc3)c2)nc(-c2ccncc2)cc1=O. The second-order valence-corrected chi connectivity index (χ2v) is 7.25. The highest BCUT2D eigenvalue weighted by Gasteiger charge is 2.11. The van der Waals surface area contributed by atoms with Crippen LogP contribution in [0.4, 0.5) is 5.95 Å². The summed E-state index contributed by atoms with van der Waals surface area (Å²) in [7, 11) is 1.62. The lowest BCUT2D eigenvalue weighted by molar-refractivity contribution is 0.101. The van der Waals surface area contributed by atoms with E-state index in [-0.39, 0.29) is 17.9 Å². The summed E-state index contributed by atoms with van der Waals surface area (Å²) in [6.07, 6.45) is 3.29. The Kier molecular flexibility index (Phi) is 5.31. The van der Waals surface area contributed by atoms with Gasteiger partial charge in [0.25, 0.3) is 5.56 Å². The lowest BCUT2D eigenvalue weighted by Crippen LogP contribution is -2.24. The molecule has 3 heterocycles. The first-order valence-electron chi connectivity index (χ1n) is 9.00. The first kappa shape index (κ1) is 18.8. The number of aromatic nitrogens is 3. The molecule has 3 aromatic heterocycles. The molecule has 1 aromatic carbocycles. The topological polar surface area (TPSA) is 76.9 Å². The largest absolute Gasteiger partial charge is 0.348 e. The monoisotopic (exact) mass is 402 g/mol. The molecule has 0 unspecified atom stereocenters. The number of anilines is 1. The van der Waals surface area contributed by atoms with Crippen molar-refractivity contribution in [3.8, 4) is 22.4 Å². The predicted octanol–water partition coefficient (Wildman–Crippen LogP) is 3.87. The number of nitrogens with one attached hydrogen (secondary N) is 1. The Morgan fingerprint density at radius 2 is 1.90 bits per heavy atom. The van der Waals surface area contributed by atoms with Crippen molar-refractivity contribution in [1.29, 1.82) is 0 Å². The van der Waals surface area contributed by atoms with Gasteiger partial charge >= 0.3 is 0 Å². The Morgan fingerprint density at radius 1 is 1.07 bits per heavy atom. The van der Waals surface area contributed by atoms with Crippen LogP contribution in [0, 0.1) is 0 Å². The molecule has 7 heteroatoms. The molecule has 0 aliphatic heterocycles. The molecule has 0 aliphatic rings. The molecule has 1 N–H and O–H groups in total. The fourth-order valence-corrected chi connectivity index (χ4v) is 3.60. The number of benzene rings is 1. The number of carbonyl (C=O) groups is 1. The molecule has 0 spiro atoms. The molecule has 4 rings (SSSR count). The van der Waals surface area contributed by atoms with Gasteiger partial charge in [-0.05, 0) is 46.2 Å². The zero-order valence-electron chi connectivity index (χ0n) is 15.7. The second kappa shape index (κ2) is 8.20. The minimum atomic E-state index is -0.207. The van der Waals surface area contributed by atoms with E-state index in [1.807, 2.05) is 35.0 Å². The number of nitrogens with zero attached hydrogens (tertiary/aromatic N) is 3. The Labute approximate surface area is 171 Å². The molecular formula is C22H18N4O2S. The van der Waals surface area contributed by atoms with Gasteiger partial charge in [-0.1, -0.05) is 18.2 Å². The number of rotatable bonds is 6. The van der Waals surface area contributed by atoms with Gasteiger partial charge in [-0.25, -0.2) is 4.98 Å². The van der Waals surface area contributed by atoms with E-state index in [0.717, 1.165) is 16.7 Å². The van der Waals surface area contributed by atoms with Crippen LogP contribution in [0.3, 0.4) is 0 Å². The summed E-state index contributed by atoms with van der Waals surface area (Å²) >= 11 is 1.62. The molecule has 6 nitrogen and oxygen atoms in total. The van der Waals surface area contributed by atoms with Crippen molar-refractivity contribution in [2.45, 2.75) is 0 Å². The van der Waals surface area contributed by atoms with Crippen molar-refractivity contribution < 1.29 is 4.79 Å². The Morgan fingerprint density at radius 3 is 2.66 bits per heavy atom. The molecule has 0 amide bonds. The van der Waals surface area contributed by atoms with E-state index >= 15 is 0 Å². The minimum absolute atomic E-state index is 0.0349. The average Bonchev–Trinajstić information content (AvgIpc) is 3.30. The van der Waals surface area contributed by atoms with Gasteiger partial charge < -0.3 is 5.32 Å². The number of thiophene rings is 1. The van der Waals surface area contributed by atoms with Crippen LogP contribution in [0.2, 0.25) is 0 Å². The number of ketones is 1. The highest BCUT2D eigenvalue weighted by atomic mass is 32.1. The van der Waals surface area contributed by atoms with Crippen LogP contribution >= 0.6 is 11.3 Å². The number of hydrogen-bond donors (Lipinski definition) is 1. The highest BCUT2D eigenvalue weighted by molar-refractivity contribution is 7.08. The average molecular weight is 402 g/mol. The van der Waals surface area contributed by atoms with Crippen LogP contribution < -0.4 is 10.9 Å². The van der Waals surface area contributed by atoms with Crippen LogP contribution in [0.1, 0.15) is 10.4 Å². The van der Waals surface area contributed by atoms with Crippen molar-refractivity contribution in [2.24, 2.45) is 7.05 Å². The van der Waals surface area contributed by atoms with E-state index in [1.165, 1.54) is 10.6 Å². The minimum Gasteiger partial charge on any atom is -0.348 e. The van der Waals surface area contributed by atoms with Gasteiger partial charge in [-0.3, -0.25) is 19.1 Å². The molecule has 144 valence electrons. The quantitative estimate of drug-likeness (QED) is 0.496. The zero-order valence-corrected chi connectivity index (χ0v) is 16.5. The fourth-order valence-electron chi connectivity index (χ4n) is 2.93. The van der Waals surface area contributed by atoms with E-state index in [4.69, 9.17) is 0 Å². The maximum absolute atomic E-state index is 12.7. The molecule has 4 aromatic rings. The van der Waals surface area contributed by atoms with Crippen LogP contribution in [-0.2, 0) is 7.05 Å². The molecule has 0 saturated heterocycles. The smallest absolute Gasteiger partial charge is 0.255 e. The van der Waals surface area contributed by atoms with Crippen molar-refractivity contribution in [3.05, 3.63) is 87.6 Å². The summed E-state index contributed by atoms with van der Waals surface area (Å²) in [5, 5.41) is 7.06. The molecular weight excluding hydrogens is 384 g/mol. The van der Waals surface area contributed by atoms with Gasteiger partial charge in [0.05, 0.1) is 12.2 Å². The van der Waals surface area contributed by atoms with Crippen LogP contribution in [0.15, 0.2) is 76.5 Å². The molecule has 0 bridgehead atoms.